The maximum atomic E-state index is 5.46. The third kappa shape index (κ3) is 3.83. The first kappa shape index (κ1) is 14.1. The zero-order valence-electron chi connectivity index (χ0n) is 12.1. The third-order valence-electron chi connectivity index (χ3n) is 3.94. The first-order chi connectivity index (χ1) is 9.20. The lowest BCUT2D eigenvalue weighted by molar-refractivity contribution is 0.528. The van der Waals surface area contributed by atoms with Crippen molar-refractivity contribution in [1.82, 2.24) is 4.98 Å². The Morgan fingerprint density at radius 3 is 2.79 bits per heavy atom. The molecule has 3 N–H and O–H groups in total. The molecule has 19 heavy (non-hydrogen) atoms. The smallest absolute Gasteiger partial charge is 0.141 e. The fourth-order valence-electron chi connectivity index (χ4n) is 2.81. The molecule has 4 heteroatoms. The van der Waals surface area contributed by atoms with Gasteiger partial charge < -0.3 is 10.3 Å². The Hall–Kier alpha value is -1.29. The molecule has 1 aliphatic carbocycles. The standard InChI is InChI=1S/C15H26N4/c1-12(2)8-10-19(13-5-3-4-6-13)14-7-9-17-15(11-14)18-16/h7,9,11-13H,3-6,8,10,16H2,1-2H3,(H,17,18). The summed E-state index contributed by atoms with van der Waals surface area (Å²) in [6.45, 7) is 5.69. The molecule has 1 aromatic heterocycles. The van der Waals surface area contributed by atoms with Gasteiger partial charge in [-0.2, -0.15) is 0 Å². The normalized spacial score (nSPS) is 16.0. The van der Waals surface area contributed by atoms with Gasteiger partial charge in [0.1, 0.15) is 5.82 Å². The predicted octanol–water partition coefficient (Wildman–Crippen LogP) is 3.16. The SMILES string of the molecule is CC(C)CCN(c1ccnc(NN)c1)C1CCCC1. The number of hydrogen-bond acceptors (Lipinski definition) is 4. The van der Waals surface area contributed by atoms with Gasteiger partial charge in [-0.05, 0) is 31.2 Å². The minimum Gasteiger partial charge on any atom is -0.368 e. The van der Waals surface area contributed by atoms with Crippen molar-refractivity contribution < 1.29 is 0 Å². The van der Waals surface area contributed by atoms with E-state index < -0.39 is 0 Å². The highest BCUT2D eigenvalue weighted by atomic mass is 15.3. The monoisotopic (exact) mass is 262 g/mol. The molecule has 2 rings (SSSR count). The van der Waals surface area contributed by atoms with Crippen LogP contribution in [0.15, 0.2) is 18.3 Å². The van der Waals surface area contributed by atoms with Crippen molar-refractivity contribution in [1.29, 1.82) is 0 Å². The highest BCUT2D eigenvalue weighted by Gasteiger charge is 2.23. The molecule has 4 nitrogen and oxygen atoms in total. The Bertz CT molecular complexity index is 385. The second kappa shape index (κ2) is 6.75. The summed E-state index contributed by atoms with van der Waals surface area (Å²) in [6, 6.07) is 4.84. The van der Waals surface area contributed by atoms with Gasteiger partial charge in [0.25, 0.3) is 0 Å². The molecular weight excluding hydrogens is 236 g/mol. The first-order valence-corrected chi connectivity index (χ1v) is 7.40. The zero-order valence-corrected chi connectivity index (χ0v) is 12.1. The van der Waals surface area contributed by atoms with E-state index in [9.17, 15) is 0 Å². The van der Waals surface area contributed by atoms with Gasteiger partial charge in [0.15, 0.2) is 0 Å². The maximum absolute atomic E-state index is 5.46. The number of nitrogens with two attached hydrogens (primary N) is 1. The number of anilines is 2. The van der Waals surface area contributed by atoms with Gasteiger partial charge in [-0.25, -0.2) is 10.8 Å². The number of nitrogens with one attached hydrogen (secondary N) is 1. The molecule has 0 radical (unpaired) electrons. The first-order valence-electron chi connectivity index (χ1n) is 7.40. The molecule has 0 atom stereocenters. The summed E-state index contributed by atoms with van der Waals surface area (Å²) < 4.78 is 0. The lowest BCUT2D eigenvalue weighted by Gasteiger charge is -2.32. The van der Waals surface area contributed by atoms with Crippen LogP contribution in [-0.2, 0) is 0 Å². The van der Waals surface area contributed by atoms with Crippen LogP contribution in [0.5, 0.6) is 0 Å². The van der Waals surface area contributed by atoms with Crippen molar-refractivity contribution in [3.05, 3.63) is 18.3 Å². The minimum absolute atomic E-state index is 0.687. The van der Waals surface area contributed by atoms with Crippen molar-refractivity contribution in [3.8, 4) is 0 Å². The second-order valence-corrected chi connectivity index (χ2v) is 5.86. The molecule has 0 bridgehead atoms. The van der Waals surface area contributed by atoms with Gasteiger partial charge in [0.05, 0.1) is 0 Å². The van der Waals surface area contributed by atoms with Crippen molar-refractivity contribution in [2.45, 2.75) is 52.0 Å². The van der Waals surface area contributed by atoms with Crippen LogP contribution in [-0.4, -0.2) is 17.6 Å². The summed E-state index contributed by atoms with van der Waals surface area (Å²) >= 11 is 0. The highest BCUT2D eigenvalue weighted by Crippen LogP contribution is 2.29. The van der Waals surface area contributed by atoms with Crippen LogP contribution in [0, 0.1) is 5.92 Å². The highest BCUT2D eigenvalue weighted by molar-refractivity contribution is 5.54. The summed E-state index contributed by atoms with van der Waals surface area (Å²) in [5.74, 6) is 6.94. The molecule has 106 valence electrons. The summed E-state index contributed by atoms with van der Waals surface area (Å²) in [7, 11) is 0. The number of pyridine rings is 1. The number of rotatable bonds is 6. The Morgan fingerprint density at radius 1 is 1.42 bits per heavy atom. The molecule has 0 aromatic carbocycles. The fourth-order valence-corrected chi connectivity index (χ4v) is 2.81. The van der Waals surface area contributed by atoms with E-state index in [0.29, 0.717) is 6.04 Å². The van der Waals surface area contributed by atoms with E-state index in [0.717, 1.165) is 18.3 Å². The zero-order chi connectivity index (χ0) is 13.7. The molecule has 1 aromatic rings. The van der Waals surface area contributed by atoms with Crippen LogP contribution in [0.2, 0.25) is 0 Å². The average Bonchev–Trinajstić information content (AvgIpc) is 2.93. The molecular formula is C15H26N4. The molecule has 0 aliphatic heterocycles. The molecule has 0 saturated heterocycles. The lowest BCUT2D eigenvalue weighted by atomic mass is 10.1. The minimum atomic E-state index is 0.687. The van der Waals surface area contributed by atoms with Gasteiger partial charge in [-0.3, -0.25) is 0 Å². The molecule has 1 saturated carbocycles. The summed E-state index contributed by atoms with van der Waals surface area (Å²) in [5.41, 5.74) is 3.89. The Kier molecular flexibility index (Phi) is 5.02. The predicted molar refractivity (Wildman–Crippen MR) is 81.1 cm³/mol. The van der Waals surface area contributed by atoms with Crippen molar-refractivity contribution in [3.63, 3.8) is 0 Å². The lowest BCUT2D eigenvalue weighted by Crippen LogP contribution is -2.34. The van der Waals surface area contributed by atoms with E-state index in [2.05, 4.69) is 41.3 Å². The Labute approximate surface area is 116 Å². The van der Waals surface area contributed by atoms with Crippen molar-refractivity contribution in [2.75, 3.05) is 16.9 Å². The fraction of sp³-hybridized carbons (Fsp3) is 0.667. The number of aromatic nitrogens is 1. The van der Waals surface area contributed by atoms with Crippen molar-refractivity contribution in [2.24, 2.45) is 11.8 Å². The van der Waals surface area contributed by atoms with Crippen LogP contribution in [0.1, 0.15) is 46.0 Å². The molecule has 0 unspecified atom stereocenters. The van der Waals surface area contributed by atoms with Crippen LogP contribution < -0.4 is 16.2 Å². The topological polar surface area (TPSA) is 54.2 Å². The van der Waals surface area contributed by atoms with Gasteiger partial charge in [0, 0.05) is 30.5 Å². The van der Waals surface area contributed by atoms with Crippen LogP contribution in [0.4, 0.5) is 11.5 Å². The molecule has 1 aliphatic rings. The van der Waals surface area contributed by atoms with E-state index in [1.54, 1.807) is 0 Å². The summed E-state index contributed by atoms with van der Waals surface area (Å²) in [5, 5.41) is 0. The van der Waals surface area contributed by atoms with E-state index in [1.807, 2.05) is 6.20 Å². The number of nitrogens with zero attached hydrogens (tertiary/aromatic N) is 2. The Balaban J connectivity index is 2.14. The van der Waals surface area contributed by atoms with Gasteiger partial charge in [-0.1, -0.05) is 26.7 Å². The maximum Gasteiger partial charge on any atom is 0.141 e. The summed E-state index contributed by atoms with van der Waals surface area (Å²) in [4.78, 5) is 6.75. The Morgan fingerprint density at radius 2 is 2.16 bits per heavy atom. The van der Waals surface area contributed by atoms with Gasteiger partial charge >= 0.3 is 0 Å². The van der Waals surface area contributed by atoms with Gasteiger partial charge in [0.2, 0.25) is 0 Å². The van der Waals surface area contributed by atoms with Crippen LogP contribution >= 0.6 is 0 Å². The third-order valence-corrected chi connectivity index (χ3v) is 3.94. The van der Waals surface area contributed by atoms with Crippen molar-refractivity contribution >= 4 is 11.5 Å². The summed E-state index contributed by atoms with van der Waals surface area (Å²) in [6.07, 6.45) is 8.40. The largest absolute Gasteiger partial charge is 0.368 e. The average molecular weight is 262 g/mol. The molecule has 0 spiro atoms. The van der Waals surface area contributed by atoms with Gasteiger partial charge in [-0.15, -0.1) is 0 Å². The quantitative estimate of drug-likeness (QED) is 0.611. The van der Waals surface area contributed by atoms with E-state index in [-0.39, 0.29) is 0 Å². The number of nitrogen functional groups attached to an aromatic ring is 1. The van der Waals surface area contributed by atoms with E-state index in [1.165, 1.54) is 37.8 Å². The van der Waals surface area contributed by atoms with Crippen LogP contribution in [0.3, 0.4) is 0 Å². The van der Waals surface area contributed by atoms with Crippen LogP contribution in [0.25, 0.3) is 0 Å². The van der Waals surface area contributed by atoms with E-state index >= 15 is 0 Å². The number of hydrazine groups is 1. The molecule has 1 fully saturated rings. The molecule has 0 amide bonds. The van der Waals surface area contributed by atoms with E-state index in [4.69, 9.17) is 5.84 Å². The number of hydrogen-bond donors (Lipinski definition) is 2. The molecule has 1 heterocycles. The second-order valence-electron chi connectivity index (χ2n) is 5.86.